The van der Waals surface area contributed by atoms with E-state index in [-0.39, 0.29) is 5.91 Å². The summed E-state index contributed by atoms with van der Waals surface area (Å²) in [7, 11) is 0. The molecule has 0 saturated carbocycles. The first-order valence-corrected chi connectivity index (χ1v) is 9.60. The highest BCUT2D eigenvalue weighted by Gasteiger charge is 2.13. The molecule has 4 rings (SSSR count). The Morgan fingerprint density at radius 3 is 2.53 bits per heavy atom. The predicted octanol–water partition coefficient (Wildman–Crippen LogP) is 3.95. The van der Waals surface area contributed by atoms with Crippen molar-refractivity contribution in [3.05, 3.63) is 88.9 Å². The van der Waals surface area contributed by atoms with Gasteiger partial charge in [-0.15, -0.1) is 0 Å². The molecule has 0 unspecified atom stereocenters. The van der Waals surface area contributed by atoms with Gasteiger partial charge < -0.3 is 0 Å². The number of hydrazone groups is 1. The van der Waals surface area contributed by atoms with Crippen LogP contribution in [0.1, 0.15) is 33.0 Å². The Bertz CT molecular complexity index is 1200. The summed E-state index contributed by atoms with van der Waals surface area (Å²) in [5, 5.41) is 15.7. The highest BCUT2D eigenvalue weighted by Crippen LogP contribution is 2.18. The van der Waals surface area contributed by atoms with Crippen LogP contribution in [-0.4, -0.2) is 32.1 Å². The zero-order chi connectivity index (χ0) is 21.1. The molecule has 150 valence electrons. The number of hydrogen-bond donors (Lipinski definition) is 2. The lowest BCUT2D eigenvalue weighted by molar-refractivity contribution is 0.0950. The van der Waals surface area contributed by atoms with Gasteiger partial charge in [0.1, 0.15) is 5.69 Å². The van der Waals surface area contributed by atoms with Crippen molar-refractivity contribution >= 4 is 12.1 Å². The molecule has 2 aromatic heterocycles. The van der Waals surface area contributed by atoms with Crippen LogP contribution in [0.15, 0.2) is 65.8 Å². The third-order valence-corrected chi connectivity index (χ3v) is 4.88. The Morgan fingerprint density at radius 1 is 1.07 bits per heavy atom. The van der Waals surface area contributed by atoms with Crippen molar-refractivity contribution < 1.29 is 4.79 Å². The van der Waals surface area contributed by atoms with Crippen molar-refractivity contribution in [1.29, 1.82) is 0 Å². The first kappa shape index (κ1) is 19.3. The standard InChI is InChI=1S/C23H22N6O/c1-15-9-11-18(12-10-15)21-13-22(26-25-21)23(30)27-24-14-20-16(2)28-29(17(20)3)19-7-5-4-6-8-19/h4-14H,1-3H3,(H,25,26)(H,27,30)/b24-14-. The second-order valence-electron chi connectivity index (χ2n) is 7.06. The number of benzene rings is 2. The molecule has 1 amide bonds. The van der Waals surface area contributed by atoms with Gasteiger partial charge in [-0.3, -0.25) is 9.89 Å². The maximum absolute atomic E-state index is 12.4. The van der Waals surface area contributed by atoms with Gasteiger partial charge >= 0.3 is 0 Å². The molecule has 0 saturated heterocycles. The van der Waals surface area contributed by atoms with E-state index in [0.717, 1.165) is 28.2 Å². The van der Waals surface area contributed by atoms with E-state index < -0.39 is 0 Å². The summed E-state index contributed by atoms with van der Waals surface area (Å²) in [6, 6.07) is 19.6. The average Bonchev–Trinajstić information content (AvgIpc) is 3.35. The lowest BCUT2D eigenvalue weighted by atomic mass is 10.1. The maximum atomic E-state index is 12.4. The zero-order valence-corrected chi connectivity index (χ0v) is 17.0. The van der Waals surface area contributed by atoms with Gasteiger partial charge in [0.2, 0.25) is 0 Å². The van der Waals surface area contributed by atoms with E-state index in [0.29, 0.717) is 11.4 Å². The summed E-state index contributed by atoms with van der Waals surface area (Å²) < 4.78 is 1.86. The van der Waals surface area contributed by atoms with Crippen LogP contribution in [0.25, 0.3) is 16.9 Å². The Morgan fingerprint density at radius 2 is 1.80 bits per heavy atom. The minimum Gasteiger partial charge on any atom is -0.272 e. The summed E-state index contributed by atoms with van der Waals surface area (Å²) in [5.41, 5.74) is 9.33. The number of carbonyl (C=O) groups is 1. The number of aromatic nitrogens is 4. The van der Waals surface area contributed by atoms with Crippen LogP contribution in [0.4, 0.5) is 0 Å². The van der Waals surface area contributed by atoms with Crippen LogP contribution >= 0.6 is 0 Å². The summed E-state index contributed by atoms with van der Waals surface area (Å²) in [4.78, 5) is 12.4. The number of carbonyl (C=O) groups excluding carboxylic acids is 1. The van der Waals surface area contributed by atoms with Crippen molar-refractivity contribution in [3.63, 3.8) is 0 Å². The quantitative estimate of drug-likeness (QED) is 0.394. The second kappa shape index (κ2) is 8.16. The van der Waals surface area contributed by atoms with Crippen LogP contribution in [0.3, 0.4) is 0 Å². The number of aromatic amines is 1. The smallest absolute Gasteiger partial charge is 0.272 e. The van der Waals surface area contributed by atoms with Crippen molar-refractivity contribution in [3.8, 4) is 16.9 Å². The first-order valence-electron chi connectivity index (χ1n) is 9.60. The van der Waals surface area contributed by atoms with Crippen LogP contribution in [0, 0.1) is 20.8 Å². The number of rotatable bonds is 5. The fraction of sp³-hybridized carbons (Fsp3) is 0.130. The normalized spacial score (nSPS) is 11.2. The van der Waals surface area contributed by atoms with Crippen LogP contribution in [0.5, 0.6) is 0 Å². The molecule has 0 aliphatic carbocycles. The topological polar surface area (TPSA) is 88.0 Å². The number of nitrogens with one attached hydrogen (secondary N) is 2. The molecular weight excluding hydrogens is 376 g/mol. The molecule has 7 heteroatoms. The minimum absolute atomic E-state index is 0.344. The number of H-pyrrole nitrogens is 1. The van der Waals surface area contributed by atoms with Crippen molar-refractivity contribution in [1.82, 2.24) is 25.4 Å². The Kier molecular flexibility index (Phi) is 5.26. The van der Waals surface area contributed by atoms with Gasteiger partial charge in [-0.05, 0) is 39.0 Å². The lowest BCUT2D eigenvalue weighted by Crippen LogP contribution is -2.18. The molecule has 0 radical (unpaired) electrons. The van der Waals surface area contributed by atoms with Gasteiger partial charge in [0.25, 0.3) is 5.91 Å². The van der Waals surface area contributed by atoms with Crippen molar-refractivity contribution in [2.24, 2.45) is 5.10 Å². The summed E-state index contributed by atoms with van der Waals surface area (Å²) in [5.74, 6) is -0.358. The van der Waals surface area contributed by atoms with E-state index in [2.05, 4.69) is 25.8 Å². The fourth-order valence-corrected chi connectivity index (χ4v) is 3.19. The van der Waals surface area contributed by atoms with Gasteiger partial charge in [0.15, 0.2) is 0 Å². The largest absolute Gasteiger partial charge is 0.289 e. The molecule has 2 aromatic carbocycles. The molecule has 0 atom stereocenters. The van der Waals surface area contributed by atoms with E-state index in [1.54, 1.807) is 12.3 Å². The van der Waals surface area contributed by atoms with Gasteiger partial charge in [-0.2, -0.15) is 15.3 Å². The zero-order valence-electron chi connectivity index (χ0n) is 17.0. The molecule has 2 heterocycles. The highest BCUT2D eigenvalue weighted by atomic mass is 16.2. The summed E-state index contributed by atoms with van der Waals surface area (Å²) in [6.45, 7) is 5.91. The Hall–Kier alpha value is -4.00. The molecule has 0 spiro atoms. The number of amides is 1. The van der Waals surface area contributed by atoms with E-state index in [4.69, 9.17) is 0 Å². The average molecular weight is 398 g/mol. The Balaban J connectivity index is 1.47. The third kappa shape index (κ3) is 3.91. The summed E-state index contributed by atoms with van der Waals surface area (Å²) >= 11 is 0. The monoisotopic (exact) mass is 398 g/mol. The maximum Gasteiger partial charge on any atom is 0.289 e. The molecule has 0 fully saturated rings. The molecule has 7 nitrogen and oxygen atoms in total. The molecule has 0 aliphatic heterocycles. The van der Waals surface area contributed by atoms with E-state index in [1.807, 2.05) is 80.1 Å². The summed E-state index contributed by atoms with van der Waals surface area (Å²) in [6.07, 6.45) is 1.62. The van der Waals surface area contributed by atoms with Gasteiger partial charge in [-0.1, -0.05) is 48.0 Å². The van der Waals surface area contributed by atoms with Crippen LogP contribution in [-0.2, 0) is 0 Å². The van der Waals surface area contributed by atoms with E-state index in [1.165, 1.54) is 5.56 Å². The molecule has 2 N–H and O–H groups in total. The van der Waals surface area contributed by atoms with E-state index >= 15 is 0 Å². The third-order valence-electron chi connectivity index (χ3n) is 4.88. The second-order valence-corrected chi connectivity index (χ2v) is 7.06. The predicted molar refractivity (Wildman–Crippen MR) is 117 cm³/mol. The molecule has 30 heavy (non-hydrogen) atoms. The lowest BCUT2D eigenvalue weighted by Gasteiger charge is -2.03. The first-order chi connectivity index (χ1) is 14.5. The van der Waals surface area contributed by atoms with Crippen molar-refractivity contribution in [2.75, 3.05) is 0 Å². The number of para-hydroxylation sites is 1. The molecule has 4 aromatic rings. The van der Waals surface area contributed by atoms with Crippen LogP contribution < -0.4 is 5.43 Å². The minimum atomic E-state index is -0.358. The SMILES string of the molecule is Cc1ccc(-c2cc(C(=O)N/N=C\c3c(C)nn(-c4ccccc4)c3C)[nH]n2)cc1. The van der Waals surface area contributed by atoms with Gasteiger partial charge in [-0.25, -0.2) is 10.1 Å². The number of aryl methyl sites for hydroxylation is 2. The molecule has 0 aliphatic rings. The van der Waals surface area contributed by atoms with Gasteiger partial charge in [0.05, 0.1) is 29.0 Å². The van der Waals surface area contributed by atoms with Crippen molar-refractivity contribution in [2.45, 2.75) is 20.8 Å². The number of nitrogens with zero attached hydrogens (tertiary/aromatic N) is 4. The number of hydrogen-bond acceptors (Lipinski definition) is 4. The van der Waals surface area contributed by atoms with E-state index in [9.17, 15) is 4.79 Å². The molecular formula is C23H22N6O. The van der Waals surface area contributed by atoms with Gasteiger partial charge in [0, 0.05) is 11.1 Å². The Labute approximate surface area is 174 Å². The van der Waals surface area contributed by atoms with Crippen LogP contribution in [0.2, 0.25) is 0 Å². The molecule has 0 bridgehead atoms. The highest BCUT2D eigenvalue weighted by molar-refractivity contribution is 5.94. The fourth-order valence-electron chi connectivity index (χ4n) is 3.19.